The van der Waals surface area contributed by atoms with E-state index in [1.165, 1.54) is 22.7 Å². The molecule has 4 aliphatic heterocycles. The summed E-state index contributed by atoms with van der Waals surface area (Å²) in [6, 6.07) is 19.0. The van der Waals surface area contributed by atoms with Crippen LogP contribution in [-0.4, -0.2) is 95.8 Å². The van der Waals surface area contributed by atoms with Crippen LogP contribution in [0.3, 0.4) is 0 Å². The Hall–Kier alpha value is -5.75. The highest BCUT2D eigenvalue weighted by molar-refractivity contribution is 7.14. The smallest absolute Gasteiger partial charge is 0.259 e. The van der Waals surface area contributed by atoms with Crippen LogP contribution in [0.5, 0.6) is 0 Å². The van der Waals surface area contributed by atoms with Crippen molar-refractivity contribution in [2.24, 2.45) is 9.98 Å². The van der Waals surface area contributed by atoms with Gasteiger partial charge < -0.3 is 19.7 Å². The van der Waals surface area contributed by atoms with Crippen molar-refractivity contribution in [2.45, 2.75) is 12.8 Å². The summed E-state index contributed by atoms with van der Waals surface area (Å²) in [6.45, 7) is 6.85. The maximum atomic E-state index is 12.8. The minimum atomic E-state index is -0.218. The van der Waals surface area contributed by atoms with Crippen molar-refractivity contribution >= 4 is 85.0 Å². The molecule has 3 N–H and O–H groups in total. The van der Waals surface area contributed by atoms with E-state index in [2.05, 4.69) is 51.8 Å². The van der Waals surface area contributed by atoms with E-state index in [4.69, 9.17) is 26.1 Å². The van der Waals surface area contributed by atoms with Crippen LogP contribution < -0.4 is 20.9 Å². The summed E-state index contributed by atoms with van der Waals surface area (Å²) in [5.41, 5.74) is 8.09. The predicted molar refractivity (Wildman–Crippen MR) is 233 cm³/mol. The van der Waals surface area contributed by atoms with Gasteiger partial charge in [-0.1, -0.05) is 35.9 Å². The number of ether oxygens (including phenoxy) is 2. The number of hydrogen-bond acceptors (Lipinski definition) is 14. The van der Waals surface area contributed by atoms with Gasteiger partial charge in [0.1, 0.15) is 11.0 Å². The van der Waals surface area contributed by atoms with E-state index >= 15 is 0 Å². The van der Waals surface area contributed by atoms with E-state index in [1.807, 2.05) is 59.4 Å². The number of rotatable bonds is 7. The number of pyridine rings is 2. The Morgan fingerprint density at radius 2 is 1.19 bits per heavy atom. The van der Waals surface area contributed by atoms with Crippen LogP contribution in [0.2, 0.25) is 5.15 Å². The normalized spacial score (nSPS) is 15.3. The molecule has 59 heavy (non-hydrogen) atoms. The van der Waals surface area contributed by atoms with Crippen molar-refractivity contribution < 1.29 is 19.1 Å². The molecule has 0 atom stereocenters. The molecule has 0 aliphatic carbocycles. The Labute approximate surface area is 353 Å². The number of nitrogens with one attached hydrogen (secondary N) is 3. The Kier molecular flexibility index (Phi) is 13.1. The third-order valence-electron chi connectivity index (χ3n) is 9.57. The van der Waals surface area contributed by atoms with Crippen LogP contribution in [0.4, 0.5) is 27.5 Å². The lowest BCUT2D eigenvalue weighted by atomic mass is 10.0. The summed E-state index contributed by atoms with van der Waals surface area (Å²) in [6.07, 6.45) is 8.07. The highest BCUT2D eigenvalue weighted by Gasteiger charge is 2.27. The van der Waals surface area contributed by atoms with E-state index < -0.39 is 0 Å². The highest BCUT2D eigenvalue weighted by atomic mass is 35.5. The van der Waals surface area contributed by atoms with Crippen molar-refractivity contribution in [3.05, 3.63) is 135 Å². The topological polar surface area (TPSA) is 168 Å². The number of anilines is 3. The van der Waals surface area contributed by atoms with Crippen LogP contribution in [0.15, 0.2) is 106 Å². The van der Waals surface area contributed by atoms with Crippen LogP contribution in [0.1, 0.15) is 43.0 Å². The highest BCUT2D eigenvalue weighted by Crippen LogP contribution is 2.36. The van der Waals surface area contributed by atoms with Crippen molar-refractivity contribution in [1.29, 1.82) is 0 Å². The lowest BCUT2D eigenvalue weighted by Crippen LogP contribution is -2.37. The van der Waals surface area contributed by atoms with E-state index in [1.54, 1.807) is 30.7 Å². The largest absolute Gasteiger partial charge is 0.379 e. The van der Waals surface area contributed by atoms with Crippen molar-refractivity contribution in [2.75, 3.05) is 68.1 Å². The summed E-state index contributed by atoms with van der Waals surface area (Å²) in [5, 5.41) is 14.0. The van der Waals surface area contributed by atoms with Crippen molar-refractivity contribution in [3.63, 3.8) is 0 Å². The number of hydrogen-bond donors (Lipinski definition) is 3. The van der Waals surface area contributed by atoms with Gasteiger partial charge in [0.2, 0.25) is 0 Å². The number of halogens is 1. The van der Waals surface area contributed by atoms with Gasteiger partial charge in [-0.05, 0) is 47.5 Å². The second kappa shape index (κ2) is 19.3. The Bertz CT molecular complexity index is 2460. The minimum Gasteiger partial charge on any atom is -0.379 e. The maximum Gasteiger partial charge on any atom is 0.259 e. The van der Waals surface area contributed by atoms with Gasteiger partial charge in [0, 0.05) is 85.7 Å². The molecule has 0 spiro atoms. The summed E-state index contributed by atoms with van der Waals surface area (Å²) in [5.74, 6) is 0.515. The predicted octanol–water partition coefficient (Wildman–Crippen LogP) is 7.03. The van der Waals surface area contributed by atoms with Gasteiger partial charge >= 0.3 is 0 Å². The van der Waals surface area contributed by atoms with Crippen LogP contribution >= 0.6 is 34.3 Å². The van der Waals surface area contributed by atoms with Gasteiger partial charge in [-0.3, -0.25) is 30.2 Å². The van der Waals surface area contributed by atoms with E-state index in [9.17, 15) is 9.59 Å². The zero-order valence-electron chi connectivity index (χ0n) is 31.8. The third kappa shape index (κ3) is 9.76. The molecule has 14 nitrogen and oxygen atoms in total. The lowest BCUT2D eigenvalue weighted by molar-refractivity contribution is 0.101. The van der Waals surface area contributed by atoms with E-state index in [-0.39, 0.29) is 11.8 Å². The average Bonchev–Trinajstić information content (AvgIpc) is 4.13. The van der Waals surface area contributed by atoms with Crippen molar-refractivity contribution in [1.82, 2.24) is 25.3 Å². The van der Waals surface area contributed by atoms with Gasteiger partial charge in [-0.2, -0.15) is 0 Å². The van der Waals surface area contributed by atoms with E-state index in [0.29, 0.717) is 58.3 Å². The fraction of sp³-hybridized carbons (Fsp3) is 0.238. The molecule has 4 aromatic heterocycles. The molecule has 10 rings (SSSR count). The molecule has 2 aromatic carbocycles. The number of para-hydroxylation sites is 2. The molecule has 0 saturated carbocycles. The Morgan fingerprint density at radius 3 is 1.69 bits per heavy atom. The molecule has 8 heterocycles. The molecule has 0 unspecified atom stereocenters. The number of fused-ring (bicyclic) bond motifs is 2. The number of carbonyl (C=O) groups excluding carboxylic acids is 2. The number of aromatic nitrogens is 4. The minimum absolute atomic E-state index is 0.193. The number of thiazole rings is 2. The molecule has 2 saturated heterocycles. The first-order valence-electron chi connectivity index (χ1n) is 19.0. The second-order valence-corrected chi connectivity index (χ2v) is 15.5. The molecule has 6 aromatic rings. The first-order valence-corrected chi connectivity index (χ1v) is 21.1. The van der Waals surface area contributed by atoms with Crippen LogP contribution in [0, 0.1) is 0 Å². The quantitative estimate of drug-likeness (QED) is 0.142. The molecule has 0 radical (unpaired) electrons. The van der Waals surface area contributed by atoms with E-state index in [0.717, 1.165) is 84.6 Å². The monoisotopic (exact) mass is 846 g/mol. The average molecular weight is 847 g/mol. The summed E-state index contributed by atoms with van der Waals surface area (Å²) in [7, 11) is 0. The Balaban J connectivity index is 0.000000146. The summed E-state index contributed by atoms with van der Waals surface area (Å²) < 4.78 is 10.5. The van der Waals surface area contributed by atoms with Gasteiger partial charge in [0.05, 0.1) is 60.4 Å². The standard InChI is InChI=1S/C21H19N5O2S.C17H11ClN4OS.C4H9NO/c27-20(25-21-23-7-12-29-21)16-4-1-3-14-13-17(24-18(14)16)15-5-2-6-22-19(15)26-8-10-28-11-9-26;18-15-11(5-2-6-19-15)13-9-10-3-1-4-12(14(10)21-13)16(23)22-17-20-7-8-24-17;1-3-6-4-2-5-1/h1-7,12H,8-11,13H2,(H,23,25,27);1-8H,9H2,(H,20,22,23);5H,1-4H2. The van der Waals surface area contributed by atoms with Crippen LogP contribution in [0.25, 0.3) is 0 Å². The lowest BCUT2D eigenvalue weighted by Gasteiger charge is -2.29. The summed E-state index contributed by atoms with van der Waals surface area (Å²) in [4.78, 5) is 54.0. The molecule has 4 aliphatic rings. The zero-order chi connectivity index (χ0) is 40.4. The molecule has 300 valence electrons. The van der Waals surface area contributed by atoms with Crippen LogP contribution in [-0.2, 0) is 22.3 Å². The first-order chi connectivity index (χ1) is 29.0. The van der Waals surface area contributed by atoms with Gasteiger partial charge in [-0.15, -0.1) is 22.7 Å². The maximum absolute atomic E-state index is 12.8. The van der Waals surface area contributed by atoms with Gasteiger partial charge in [-0.25, -0.2) is 19.9 Å². The number of morpholine rings is 2. The van der Waals surface area contributed by atoms with Crippen molar-refractivity contribution in [3.8, 4) is 0 Å². The molecular weight excluding hydrogens is 808 g/mol. The third-order valence-corrected chi connectivity index (χ3v) is 11.2. The molecule has 17 heteroatoms. The fourth-order valence-corrected chi connectivity index (χ4v) is 8.06. The van der Waals surface area contributed by atoms with Gasteiger partial charge in [0.15, 0.2) is 10.3 Å². The molecule has 2 amide bonds. The van der Waals surface area contributed by atoms with Gasteiger partial charge in [0.25, 0.3) is 11.8 Å². The second-order valence-electron chi connectivity index (χ2n) is 13.4. The number of amides is 2. The SMILES string of the molecule is C1COCCN1.O=C(Nc1nccs1)c1cccc2c1N=C(c1cccnc1Cl)C2.O=C(Nc1nccs1)c1cccc2c1N=C(c1cccnc1N1CCOCC1)C2. The fourth-order valence-electron chi connectivity index (χ4n) is 6.78. The molecule has 2 fully saturated rings. The Morgan fingerprint density at radius 1 is 0.644 bits per heavy atom. The first kappa shape index (κ1) is 40.0. The number of aliphatic imine (C=N–C) groups is 2. The number of carbonyl (C=O) groups is 2. The number of benzene rings is 2. The molecule has 0 bridgehead atoms. The zero-order valence-corrected chi connectivity index (χ0v) is 34.2. The number of nitrogens with zero attached hydrogens (tertiary/aromatic N) is 7. The molecular formula is C42H39ClN10O4S2. The summed E-state index contributed by atoms with van der Waals surface area (Å²) >= 11 is 8.93.